The third-order valence-corrected chi connectivity index (χ3v) is 10.5. The number of carboxylic acid groups (broad SMARTS) is 1. The molecule has 0 saturated heterocycles. The number of aromatic amines is 1. The molecule has 0 fully saturated rings. The van der Waals surface area contributed by atoms with E-state index in [1.807, 2.05) is 31.2 Å². The van der Waals surface area contributed by atoms with Crippen molar-refractivity contribution < 1.29 is 29.0 Å². The van der Waals surface area contributed by atoms with Gasteiger partial charge in [0.05, 0.1) is 34.0 Å². The summed E-state index contributed by atoms with van der Waals surface area (Å²) in [4.78, 5) is 65.5. The van der Waals surface area contributed by atoms with Crippen LogP contribution in [0.3, 0.4) is 0 Å². The zero-order chi connectivity index (χ0) is 41.9. The monoisotopic (exact) mass is 857 g/mol. The number of aromatic nitrogens is 4. The van der Waals surface area contributed by atoms with E-state index in [4.69, 9.17) is 27.9 Å². The molecule has 0 aliphatic rings. The molecular weight excluding hydrogens is 817 g/mol. The number of ether oxygens (including phenoxy) is 1. The summed E-state index contributed by atoms with van der Waals surface area (Å²) in [6, 6.07) is 17.8. The number of amides is 3. The number of benzene rings is 3. The van der Waals surface area contributed by atoms with Crippen LogP contribution in [0.4, 0.5) is 22.5 Å². The number of para-hydroxylation sites is 1. The molecule has 0 spiro atoms. The molecule has 0 unspecified atom stereocenters. The van der Waals surface area contributed by atoms with Gasteiger partial charge < -0.3 is 41.4 Å². The highest BCUT2D eigenvalue weighted by Crippen LogP contribution is 2.34. The van der Waals surface area contributed by atoms with Crippen LogP contribution < -0.4 is 31.3 Å². The fourth-order valence-corrected chi connectivity index (χ4v) is 7.27. The van der Waals surface area contributed by atoms with Gasteiger partial charge in [-0.25, -0.2) is 19.7 Å². The number of hydrogen-bond donors (Lipinski definition) is 7. The molecule has 3 amide bonds. The van der Waals surface area contributed by atoms with E-state index in [0.717, 1.165) is 11.1 Å². The second-order valence-corrected chi connectivity index (χ2v) is 15.2. The average molecular weight is 859 g/mol. The van der Waals surface area contributed by atoms with Crippen molar-refractivity contribution in [1.29, 1.82) is 0 Å². The summed E-state index contributed by atoms with van der Waals surface area (Å²) in [5, 5.41) is 26.3. The Labute approximate surface area is 353 Å². The van der Waals surface area contributed by atoms with Crippen molar-refractivity contribution in [3.05, 3.63) is 105 Å². The Balaban J connectivity index is 0.832. The van der Waals surface area contributed by atoms with E-state index in [1.165, 1.54) is 23.7 Å². The summed E-state index contributed by atoms with van der Waals surface area (Å²) >= 11 is 13.9. The summed E-state index contributed by atoms with van der Waals surface area (Å²) in [6.07, 6.45) is 4.64. The van der Waals surface area contributed by atoms with Crippen LogP contribution in [0.1, 0.15) is 57.1 Å². The molecule has 0 saturated carbocycles. The number of fused-ring (bicyclic) bond motifs is 1. The standard InChI is InChI=1S/C41H41Cl2N9O6S/c1-23-6-5-7-30(42)38(23)52-39(55)33-22-48-41(59-33)51-35-20-34(49-24(2)50-35)44-14-15-45-36(53)8-3-4-9-37(54)46-16-17-58-26-12-10-25(11-13-26)27-18-28-29(40(56)57)21-47-32(28)19-31(27)43/h5-7,10-13,18-22,47H,3-4,8-9,14-17H2,1-2H3,(H,45,53)(H,46,54)(H,52,55)(H,56,57)(H2,44,48,49,50,51). The highest BCUT2D eigenvalue weighted by molar-refractivity contribution is 7.17. The number of carboxylic acids is 1. The van der Waals surface area contributed by atoms with Gasteiger partial charge in [-0.3, -0.25) is 14.4 Å². The second kappa shape index (κ2) is 20.0. The highest BCUT2D eigenvalue weighted by atomic mass is 35.5. The molecule has 0 aliphatic carbocycles. The van der Waals surface area contributed by atoms with E-state index in [-0.39, 0.29) is 29.9 Å². The van der Waals surface area contributed by atoms with Crippen molar-refractivity contribution in [3.63, 3.8) is 0 Å². The summed E-state index contributed by atoms with van der Waals surface area (Å²) in [7, 11) is 0. The molecular formula is C41H41Cl2N9O6S. The zero-order valence-electron chi connectivity index (χ0n) is 32.1. The molecule has 3 heterocycles. The number of H-pyrrole nitrogens is 1. The van der Waals surface area contributed by atoms with Crippen molar-refractivity contribution in [2.75, 3.05) is 42.2 Å². The minimum atomic E-state index is -1.02. The van der Waals surface area contributed by atoms with Crippen LogP contribution in [0.15, 0.2) is 73.1 Å². The number of nitrogens with one attached hydrogen (secondary N) is 6. The van der Waals surface area contributed by atoms with Crippen LogP contribution in [0.25, 0.3) is 22.0 Å². The maximum Gasteiger partial charge on any atom is 0.337 e. The smallest absolute Gasteiger partial charge is 0.337 e. The van der Waals surface area contributed by atoms with Gasteiger partial charge in [-0.1, -0.05) is 58.8 Å². The largest absolute Gasteiger partial charge is 0.492 e. The second-order valence-electron chi connectivity index (χ2n) is 13.3. The molecule has 7 N–H and O–H groups in total. The molecule has 15 nitrogen and oxygen atoms in total. The Kier molecular flexibility index (Phi) is 14.3. The first-order chi connectivity index (χ1) is 28.4. The minimum absolute atomic E-state index is 0.113. The topological polar surface area (TPSA) is 212 Å². The minimum Gasteiger partial charge on any atom is -0.492 e. The van der Waals surface area contributed by atoms with E-state index in [2.05, 4.69) is 46.5 Å². The maximum atomic E-state index is 12.8. The van der Waals surface area contributed by atoms with Crippen molar-refractivity contribution in [3.8, 4) is 16.9 Å². The van der Waals surface area contributed by atoms with Crippen molar-refractivity contribution >= 4 is 91.6 Å². The fourth-order valence-electron chi connectivity index (χ4n) is 6.01. The van der Waals surface area contributed by atoms with Crippen LogP contribution in [0.5, 0.6) is 5.75 Å². The third kappa shape index (κ3) is 11.7. The van der Waals surface area contributed by atoms with Crippen LogP contribution in [0.2, 0.25) is 10.0 Å². The lowest BCUT2D eigenvalue weighted by molar-refractivity contribution is -0.123. The number of carbonyl (C=O) groups is 4. The quantitative estimate of drug-likeness (QED) is 0.0388. The van der Waals surface area contributed by atoms with Gasteiger partial charge in [-0.05, 0) is 68.1 Å². The van der Waals surface area contributed by atoms with Gasteiger partial charge in [-0.15, -0.1) is 0 Å². The van der Waals surface area contributed by atoms with Crippen LogP contribution in [-0.2, 0) is 9.59 Å². The van der Waals surface area contributed by atoms with Crippen LogP contribution in [0, 0.1) is 13.8 Å². The van der Waals surface area contributed by atoms with Gasteiger partial charge >= 0.3 is 5.97 Å². The average Bonchev–Trinajstić information content (AvgIpc) is 3.85. The molecule has 0 aliphatic heterocycles. The van der Waals surface area contributed by atoms with Gasteiger partial charge in [0.15, 0.2) is 5.13 Å². The van der Waals surface area contributed by atoms with Crippen molar-refractivity contribution in [2.45, 2.75) is 39.5 Å². The number of aromatic carboxylic acids is 1. The van der Waals surface area contributed by atoms with E-state index >= 15 is 0 Å². The van der Waals surface area contributed by atoms with Gasteiger partial charge in [0.25, 0.3) is 5.91 Å². The number of hydrogen-bond acceptors (Lipinski definition) is 11. The molecule has 6 aromatic rings. The summed E-state index contributed by atoms with van der Waals surface area (Å²) in [5.74, 6) is 0.588. The Hall–Kier alpha value is -6.23. The number of thiazole rings is 1. The summed E-state index contributed by atoms with van der Waals surface area (Å²) in [6.45, 7) is 5.00. The lowest BCUT2D eigenvalue weighted by atomic mass is 10.0. The van der Waals surface area contributed by atoms with Gasteiger partial charge in [-0.2, -0.15) is 0 Å². The molecule has 18 heteroatoms. The number of nitrogens with zero attached hydrogens (tertiary/aromatic N) is 3. The Morgan fingerprint density at radius 3 is 2.32 bits per heavy atom. The first kappa shape index (κ1) is 42.4. The van der Waals surface area contributed by atoms with Crippen LogP contribution in [-0.4, -0.2) is 75.0 Å². The van der Waals surface area contributed by atoms with Gasteiger partial charge in [0, 0.05) is 54.7 Å². The van der Waals surface area contributed by atoms with Crippen LogP contribution >= 0.6 is 34.5 Å². The summed E-state index contributed by atoms with van der Waals surface area (Å²) in [5.41, 5.74) is 3.72. The molecule has 59 heavy (non-hydrogen) atoms. The molecule has 306 valence electrons. The number of halogens is 2. The molecule has 0 radical (unpaired) electrons. The zero-order valence-corrected chi connectivity index (χ0v) is 34.4. The molecule has 0 atom stereocenters. The SMILES string of the molecule is Cc1nc(NCCNC(=O)CCCCC(=O)NCCOc2ccc(-c3cc4c(C(=O)O)c[nH]c4cc3Cl)cc2)cc(Nc2ncc(C(=O)Nc3c(C)cccc3Cl)s2)n1. The Morgan fingerprint density at radius 2 is 1.59 bits per heavy atom. The lowest BCUT2D eigenvalue weighted by Crippen LogP contribution is -2.29. The van der Waals surface area contributed by atoms with Crippen molar-refractivity contribution in [1.82, 2.24) is 30.6 Å². The number of unbranched alkanes of at least 4 members (excludes halogenated alkanes) is 1. The third-order valence-electron chi connectivity index (χ3n) is 8.93. The number of rotatable bonds is 19. The predicted molar refractivity (Wildman–Crippen MR) is 230 cm³/mol. The normalized spacial score (nSPS) is 10.9. The molecule has 6 rings (SSSR count). The van der Waals surface area contributed by atoms with E-state index in [9.17, 15) is 24.3 Å². The predicted octanol–water partition coefficient (Wildman–Crippen LogP) is 7.98. The van der Waals surface area contributed by atoms with E-state index in [1.54, 1.807) is 43.3 Å². The first-order valence-electron chi connectivity index (χ1n) is 18.6. The Morgan fingerprint density at radius 1 is 0.864 bits per heavy atom. The maximum absolute atomic E-state index is 12.8. The highest BCUT2D eigenvalue weighted by Gasteiger charge is 2.16. The molecule has 3 aromatic carbocycles. The first-order valence-corrected chi connectivity index (χ1v) is 20.2. The number of anilines is 4. The van der Waals surface area contributed by atoms with E-state index < -0.39 is 5.97 Å². The van der Waals surface area contributed by atoms with Gasteiger partial charge in [0.1, 0.15) is 34.7 Å². The number of aryl methyl sites for hydroxylation is 2. The van der Waals surface area contributed by atoms with E-state index in [0.29, 0.717) is 111 Å². The fraction of sp³-hybridized carbons (Fsp3) is 0.244. The Bertz CT molecular complexity index is 2450. The lowest BCUT2D eigenvalue weighted by Gasteiger charge is -2.10. The molecule has 3 aromatic heterocycles. The van der Waals surface area contributed by atoms with Gasteiger partial charge in [0.2, 0.25) is 11.8 Å². The molecule has 0 bridgehead atoms. The summed E-state index contributed by atoms with van der Waals surface area (Å²) < 4.78 is 5.77. The van der Waals surface area contributed by atoms with Crippen molar-refractivity contribution in [2.24, 2.45) is 0 Å². The number of carbonyl (C=O) groups excluding carboxylic acids is 3.